The number of nitrogens with one attached hydrogen (secondary N) is 5. The van der Waals surface area contributed by atoms with Crippen LogP contribution in [0.1, 0.15) is 61.8 Å². The lowest BCUT2D eigenvalue weighted by molar-refractivity contribution is -0.140. The highest BCUT2D eigenvalue weighted by Gasteiger charge is 2.30. The van der Waals surface area contributed by atoms with E-state index in [9.17, 15) is 29.1 Å². The van der Waals surface area contributed by atoms with Gasteiger partial charge in [0.05, 0.1) is 0 Å². The SMILES string of the molecule is CCCNC(=O)/C=C/[C@@H](NC(=O)[C@H](C)NC(=O)[C@@H](NC(=O)N[C@H](C(=O)O)C(C)C)C(C)C)C(C)C. The summed E-state index contributed by atoms with van der Waals surface area (Å²) in [4.78, 5) is 61.0. The van der Waals surface area contributed by atoms with Crippen LogP contribution in [0.3, 0.4) is 0 Å². The van der Waals surface area contributed by atoms with Crippen molar-refractivity contribution < 1.29 is 29.1 Å². The fraction of sp³-hybridized carbons (Fsp3) is 0.708. The van der Waals surface area contributed by atoms with E-state index in [4.69, 9.17) is 0 Å². The molecule has 200 valence electrons. The first-order valence-corrected chi connectivity index (χ1v) is 12.1. The third-order valence-corrected chi connectivity index (χ3v) is 5.24. The first kappa shape index (κ1) is 31.9. The zero-order valence-corrected chi connectivity index (χ0v) is 22.1. The Kier molecular flexibility index (Phi) is 14.3. The van der Waals surface area contributed by atoms with Crippen LogP contribution in [0.15, 0.2) is 12.2 Å². The van der Waals surface area contributed by atoms with Gasteiger partial charge in [-0.05, 0) is 31.1 Å². The molecule has 4 atom stereocenters. The minimum absolute atomic E-state index is 0.00556. The smallest absolute Gasteiger partial charge is 0.326 e. The highest BCUT2D eigenvalue weighted by atomic mass is 16.4. The van der Waals surface area contributed by atoms with Crippen LogP contribution in [0, 0.1) is 17.8 Å². The van der Waals surface area contributed by atoms with Gasteiger partial charge in [-0.1, -0.05) is 54.5 Å². The van der Waals surface area contributed by atoms with Crippen molar-refractivity contribution in [3.05, 3.63) is 12.2 Å². The van der Waals surface area contributed by atoms with Gasteiger partial charge in [0.1, 0.15) is 18.1 Å². The molecule has 0 bridgehead atoms. The Morgan fingerprint density at radius 3 is 1.74 bits per heavy atom. The second-order valence-electron chi connectivity index (χ2n) is 9.56. The Morgan fingerprint density at radius 1 is 0.743 bits per heavy atom. The highest BCUT2D eigenvalue weighted by molar-refractivity contribution is 5.92. The van der Waals surface area contributed by atoms with Gasteiger partial charge in [0.15, 0.2) is 0 Å². The number of hydrogen-bond acceptors (Lipinski definition) is 5. The van der Waals surface area contributed by atoms with Crippen molar-refractivity contribution in [3.8, 4) is 0 Å². The molecule has 0 aromatic heterocycles. The van der Waals surface area contributed by atoms with Gasteiger partial charge in [-0.2, -0.15) is 0 Å². The molecule has 0 fully saturated rings. The monoisotopic (exact) mass is 497 g/mol. The molecule has 0 unspecified atom stereocenters. The van der Waals surface area contributed by atoms with Crippen LogP contribution < -0.4 is 26.6 Å². The maximum atomic E-state index is 12.8. The number of carbonyl (C=O) groups is 5. The Labute approximate surface area is 208 Å². The average Bonchev–Trinajstić information content (AvgIpc) is 2.75. The van der Waals surface area contributed by atoms with E-state index in [0.29, 0.717) is 6.54 Å². The molecular weight excluding hydrogens is 454 g/mol. The molecule has 0 aliphatic heterocycles. The topological polar surface area (TPSA) is 166 Å². The molecule has 0 saturated carbocycles. The van der Waals surface area contributed by atoms with E-state index in [1.54, 1.807) is 33.8 Å². The third-order valence-electron chi connectivity index (χ3n) is 5.24. The molecule has 0 aromatic rings. The lowest BCUT2D eigenvalue weighted by Crippen LogP contribution is -2.58. The quantitative estimate of drug-likeness (QED) is 0.197. The van der Waals surface area contributed by atoms with Gasteiger partial charge in [-0.25, -0.2) is 9.59 Å². The fourth-order valence-corrected chi connectivity index (χ4v) is 2.97. The van der Waals surface area contributed by atoms with Crippen molar-refractivity contribution in [2.75, 3.05) is 6.54 Å². The van der Waals surface area contributed by atoms with Gasteiger partial charge in [0, 0.05) is 18.7 Å². The molecule has 11 nitrogen and oxygen atoms in total. The predicted molar refractivity (Wildman–Crippen MR) is 133 cm³/mol. The van der Waals surface area contributed by atoms with E-state index >= 15 is 0 Å². The van der Waals surface area contributed by atoms with Crippen LogP contribution in [-0.4, -0.2) is 65.5 Å². The van der Waals surface area contributed by atoms with Crippen LogP contribution in [0.25, 0.3) is 0 Å². The molecule has 0 spiro atoms. The second-order valence-corrected chi connectivity index (χ2v) is 9.56. The molecule has 0 radical (unpaired) electrons. The normalized spacial score (nSPS) is 14.8. The summed E-state index contributed by atoms with van der Waals surface area (Å²) in [6.07, 6.45) is 3.80. The fourth-order valence-electron chi connectivity index (χ4n) is 2.97. The van der Waals surface area contributed by atoms with E-state index in [1.807, 2.05) is 20.8 Å². The number of urea groups is 1. The minimum Gasteiger partial charge on any atom is -0.480 e. The summed E-state index contributed by atoms with van der Waals surface area (Å²) >= 11 is 0. The Bertz CT molecular complexity index is 766. The van der Waals surface area contributed by atoms with E-state index in [1.165, 1.54) is 13.0 Å². The number of carbonyl (C=O) groups excluding carboxylic acids is 4. The van der Waals surface area contributed by atoms with Gasteiger partial charge in [0.25, 0.3) is 0 Å². The summed E-state index contributed by atoms with van der Waals surface area (Å²) in [6, 6.07) is -4.23. The molecular formula is C24H43N5O6. The molecule has 11 heteroatoms. The van der Waals surface area contributed by atoms with Crippen LogP contribution >= 0.6 is 0 Å². The van der Waals surface area contributed by atoms with E-state index in [-0.39, 0.29) is 23.7 Å². The van der Waals surface area contributed by atoms with Gasteiger partial charge in [-0.3, -0.25) is 14.4 Å². The number of carboxylic acids is 1. The largest absolute Gasteiger partial charge is 0.480 e. The van der Waals surface area contributed by atoms with Crippen molar-refractivity contribution in [2.45, 2.75) is 86.0 Å². The lowest BCUT2D eigenvalue weighted by Gasteiger charge is -2.26. The average molecular weight is 498 g/mol. The highest BCUT2D eigenvalue weighted by Crippen LogP contribution is 2.06. The number of hydrogen-bond donors (Lipinski definition) is 6. The molecule has 0 aromatic carbocycles. The van der Waals surface area contributed by atoms with Crippen molar-refractivity contribution in [2.24, 2.45) is 17.8 Å². The molecule has 35 heavy (non-hydrogen) atoms. The van der Waals surface area contributed by atoms with Crippen molar-refractivity contribution in [3.63, 3.8) is 0 Å². The molecule has 0 saturated heterocycles. The van der Waals surface area contributed by atoms with Crippen molar-refractivity contribution in [1.29, 1.82) is 0 Å². The number of rotatable bonds is 14. The van der Waals surface area contributed by atoms with E-state index in [2.05, 4.69) is 26.6 Å². The van der Waals surface area contributed by atoms with Gasteiger partial charge in [0.2, 0.25) is 17.7 Å². The number of amides is 5. The molecule has 0 rings (SSSR count). The predicted octanol–water partition coefficient (Wildman–Crippen LogP) is 1.15. The maximum absolute atomic E-state index is 12.8. The Hall–Kier alpha value is -3.11. The number of carboxylic acid groups (broad SMARTS) is 1. The van der Waals surface area contributed by atoms with Crippen molar-refractivity contribution in [1.82, 2.24) is 26.6 Å². The third kappa shape index (κ3) is 12.2. The van der Waals surface area contributed by atoms with Crippen LogP contribution in [0.4, 0.5) is 4.79 Å². The molecule has 0 heterocycles. The van der Waals surface area contributed by atoms with Crippen LogP contribution in [0.2, 0.25) is 0 Å². The van der Waals surface area contributed by atoms with Gasteiger partial charge in [-0.15, -0.1) is 0 Å². The van der Waals surface area contributed by atoms with Crippen molar-refractivity contribution >= 4 is 29.7 Å². The zero-order valence-electron chi connectivity index (χ0n) is 22.1. The summed E-state index contributed by atoms with van der Waals surface area (Å²) in [5, 5.41) is 22.2. The second kappa shape index (κ2) is 15.7. The van der Waals surface area contributed by atoms with Crippen LogP contribution in [-0.2, 0) is 19.2 Å². The van der Waals surface area contributed by atoms with Gasteiger partial charge >= 0.3 is 12.0 Å². The Morgan fingerprint density at radius 2 is 1.29 bits per heavy atom. The first-order valence-electron chi connectivity index (χ1n) is 12.1. The summed E-state index contributed by atoms with van der Waals surface area (Å²) in [6.45, 7) is 14.5. The lowest BCUT2D eigenvalue weighted by atomic mass is 10.0. The van der Waals surface area contributed by atoms with E-state index < -0.39 is 48.0 Å². The molecule has 5 amide bonds. The molecule has 0 aliphatic carbocycles. The Balaban J connectivity index is 5.13. The maximum Gasteiger partial charge on any atom is 0.326 e. The standard InChI is InChI=1S/C24H43N5O6/c1-9-12-25-18(30)11-10-17(13(2)3)27-21(31)16(8)26-22(32)19(14(4)5)28-24(35)29-20(15(6)7)23(33)34/h10-11,13-17,19-20H,9,12H2,1-8H3,(H,25,30)(H,26,32)(H,27,31)(H,33,34)(H2,28,29,35)/b11-10+/t16-,17+,19-,20-/m0/s1. The van der Waals surface area contributed by atoms with E-state index in [0.717, 1.165) is 6.42 Å². The summed E-state index contributed by atoms with van der Waals surface area (Å²) in [5.74, 6) is -3.14. The van der Waals surface area contributed by atoms with Crippen LogP contribution in [0.5, 0.6) is 0 Å². The molecule has 0 aliphatic rings. The summed E-state index contributed by atoms with van der Waals surface area (Å²) in [7, 11) is 0. The summed E-state index contributed by atoms with van der Waals surface area (Å²) in [5.41, 5.74) is 0. The summed E-state index contributed by atoms with van der Waals surface area (Å²) < 4.78 is 0. The minimum atomic E-state index is -1.18. The zero-order chi connectivity index (χ0) is 27.3. The van der Waals surface area contributed by atoms with Gasteiger partial charge < -0.3 is 31.7 Å². The number of aliphatic carboxylic acids is 1. The first-order chi connectivity index (χ1) is 16.2. The molecule has 6 N–H and O–H groups in total.